The van der Waals surface area contributed by atoms with Crippen LogP contribution in [0, 0.1) is 11.2 Å². The molecule has 0 saturated carbocycles. The summed E-state index contributed by atoms with van der Waals surface area (Å²) in [6.07, 6.45) is -0.508. The monoisotopic (exact) mass is 408 g/mol. The first-order valence-corrected chi connectivity index (χ1v) is 9.60. The zero-order valence-corrected chi connectivity index (χ0v) is 17.8. The third-order valence-corrected chi connectivity index (χ3v) is 4.64. The predicted molar refractivity (Wildman–Crippen MR) is 104 cm³/mol. The van der Waals surface area contributed by atoms with E-state index in [1.54, 1.807) is 41.5 Å². The maximum absolute atomic E-state index is 13.8. The van der Waals surface area contributed by atoms with Crippen LogP contribution in [0.3, 0.4) is 0 Å². The van der Waals surface area contributed by atoms with Crippen molar-refractivity contribution in [1.82, 2.24) is 0 Å². The molecule has 160 valence electrons. The van der Waals surface area contributed by atoms with Gasteiger partial charge in [0.25, 0.3) is 0 Å². The van der Waals surface area contributed by atoms with Crippen LogP contribution in [0.25, 0.3) is 0 Å². The Balaban J connectivity index is 2.60. The summed E-state index contributed by atoms with van der Waals surface area (Å²) in [6.45, 7) is 10.1. The van der Waals surface area contributed by atoms with Gasteiger partial charge in [0.15, 0.2) is 5.41 Å². The van der Waals surface area contributed by atoms with E-state index in [-0.39, 0.29) is 19.3 Å². The SMILES string of the molecule is CC(C)(C)OC(=O)C1(C(=O)OC(C)(C)C)Cc2ccc(F)cc2C(CC(=O)O)C1. The number of ether oxygens (including phenoxy) is 2. The van der Waals surface area contributed by atoms with Gasteiger partial charge >= 0.3 is 17.9 Å². The lowest BCUT2D eigenvalue weighted by molar-refractivity contribution is -0.187. The number of benzene rings is 1. The molecule has 0 fully saturated rings. The van der Waals surface area contributed by atoms with E-state index in [1.807, 2.05) is 0 Å². The topological polar surface area (TPSA) is 89.9 Å². The van der Waals surface area contributed by atoms with Crippen molar-refractivity contribution in [2.75, 3.05) is 0 Å². The molecule has 0 saturated heterocycles. The number of aliphatic carboxylic acids is 1. The fourth-order valence-corrected chi connectivity index (χ4v) is 3.57. The summed E-state index contributed by atoms with van der Waals surface area (Å²) in [5, 5.41) is 9.35. The quantitative estimate of drug-likeness (QED) is 0.598. The number of hydrogen-bond donors (Lipinski definition) is 1. The fourth-order valence-electron chi connectivity index (χ4n) is 3.57. The Labute approximate surface area is 170 Å². The molecule has 1 atom stereocenters. The highest BCUT2D eigenvalue weighted by Gasteiger charge is 2.55. The summed E-state index contributed by atoms with van der Waals surface area (Å²) in [4.78, 5) is 37.9. The van der Waals surface area contributed by atoms with E-state index in [4.69, 9.17) is 9.47 Å². The summed E-state index contributed by atoms with van der Waals surface area (Å²) in [5.74, 6) is -3.85. The molecule has 0 radical (unpaired) electrons. The average molecular weight is 408 g/mol. The molecule has 2 rings (SSSR count). The van der Waals surface area contributed by atoms with E-state index >= 15 is 0 Å². The highest BCUT2D eigenvalue weighted by molar-refractivity contribution is 6.01. The lowest BCUT2D eigenvalue weighted by Crippen LogP contribution is -2.50. The van der Waals surface area contributed by atoms with Crippen molar-refractivity contribution in [2.45, 2.75) is 77.9 Å². The van der Waals surface area contributed by atoms with Crippen LogP contribution in [0.2, 0.25) is 0 Å². The van der Waals surface area contributed by atoms with Crippen LogP contribution in [-0.4, -0.2) is 34.2 Å². The molecule has 1 aliphatic carbocycles. The Morgan fingerprint density at radius 2 is 1.59 bits per heavy atom. The van der Waals surface area contributed by atoms with Crippen molar-refractivity contribution in [3.05, 3.63) is 35.1 Å². The Hall–Kier alpha value is -2.44. The number of carboxylic acids is 1. The molecule has 29 heavy (non-hydrogen) atoms. The normalized spacial score (nSPS) is 18.5. The fraction of sp³-hybridized carbons (Fsp3) is 0.591. The van der Waals surface area contributed by atoms with Crippen LogP contribution in [0.15, 0.2) is 18.2 Å². The smallest absolute Gasteiger partial charge is 0.324 e. The van der Waals surface area contributed by atoms with Crippen LogP contribution < -0.4 is 0 Å². The first-order valence-electron chi connectivity index (χ1n) is 9.60. The minimum atomic E-state index is -1.70. The van der Waals surface area contributed by atoms with E-state index in [9.17, 15) is 23.9 Å². The zero-order chi connectivity index (χ0) is 22.2. The number of carboxylic acid groups (broad SMARTS) is 1. The Bertz CT molecular complexity index is 788. The van der Waals surface area contributed by atoms with Crippen LogP contribution >= 0.6 is 0 Å². The minimum absolute atomic E-state index is 0.0391. The van der Waals surface area contributed by atoms with Gasteiger partial charge in [0.2, 0.25) is 0 Å². The van der Waals surface area contributed by atoms with Crippen molar-refractivity contribution < 1.29 is 33.4 Å². The molecule has 1 aromatic carbocycles. The first kappa shape index (κ1) is 22.8. The molecule has 0 spiro atoms. The maximum Gasteiger partial charge on any atom is 0.324 e. The number of fused-ring (bicyclic) bond motifs is 1. The second kappa shape index (κ2) is 7.76. The van der Waals surface area contributed by atoms with Crippen LogP contribution in [-0.2, 0) is 30.3 Å². The number of carbonyl (C=O) groups is 3. The Kier molecular flexibility index (Phi) is 6.12. The molecule has 0 aromatic heterocycles. The molecule has 0 heterocycles. The lowest BCUT2D eigenvalue weighted by atomic mass is 9.66. The van der Waals surface area contributed by atoms with Crippen molar-refractivity contribution in [1.29, 1.82) is 0 Å². The van der Waals surface area contributed by atoms with E-state index < -0.39 is 46.3 Å². The van der Waals surface area contributed by atoms with Gasteiger partial charge < -0.3 is 14.6 Å². The number of esters is 2. The summed E-state index contributed by atoms with van der Waals surface area (Å²) in [7, 11) is 0. The summed E-state index contributed by atoms with van der Waals surface area (Å²) < 4.78 is 24.9. The number of rotatable bonds is 4. The van der Waals surface area contributed by atoms with E-state index in [2.05, 4.69) is 0 Å². The van der Waals surface area contributed by atoms with E-state index in [0.29, 0.717) is 11.1 Å². The van der Waals surface area contributed by atoms with Gasteiger partial charge in [-0.1, -0.05) is 6.07 Å². The molecule has 6 nitrogen and oxygen atoms in total. The first-order chi connectivity index (χ1) is 13.1. The average Bonchev–Trinajstić information content (AvgIpc) is 2.51. The number of halogens is 1. The highest BCUT2D eigenvalue weighted by Crippen LogP contribution is 2.47. The second-order valence-corrected chi connectivity index (χ2v) is 9.60. The molecular formula is C22H29FO6. The third-order valence-electron chi connectivity index (χ3n) is 4.64. The Morgan fingerprint density at radius 1 is 1.07 bits per heavy atom. The van der Waals surface area contributed by atoms with Crippen molar-refractivity contribution in [3.63, 3.8) is 0 Å². The highest BCUT2D eigenvalue weighted by atomic mass is 19.1. The molecule has 1 aromatic rings. The van der Waals surface area contributed by atoms with Gasteiger partial charge in [-0.25, -0.2) is 4.39 Å². The number of carbonyl (C=O) groups excluding carboxylic acids is 2. The molecule has 7 heteroatoms. The van der Waals surface area contributed by atoms with Crippen molar-refractivity contribution >= 4 is 17.9 Å². The van der Waals surface area contributed by atoms with Crippen molar-refractivity contribution in [2.24, 2.45) is 5.41 Å². The Morgan fingerprint density at radius 3 is 2.03 bits per heavy atom. The zero-order valence-electron chi connectivity index (χ0n) is 17.8. The molecule has 1 N–H and O–H groups in total. The standard InChI is InChI=1S/C22H29FO6/c1-20(2,3)28-18(26)22(19(27)29-21(4,5)6)11-13-7-8-15(23)10-16(13)14(12-22)9-17(24)25/h7-8,10,14H,9,11-12H2,1-6H3,(H,24,25). The molecule has 0 amide bonds. The summed E-state index contributed by atoms with van der Waals surface area (Å²) in [5.41, 5.74) is -2.36. The van der Waals surface area contributed by atoms with Gasteiger partial charge in [0.1, 0.15) is 17.0 Å². The molecule has 1 unspecified atom stereocenters. The second-order valence-electron chi connectivity index (χ2n) is 9.60. The minimum Gasteiger partial charge on any atom is -0.481 e. The third kappa shape index (κ3) is 5.55. The largest absolute Gasteiger partial charge is 0.481 e. The van der Waals surface area contributed by atoms with Gasteiger partial charge in [-0.15, -0.1) is 0 Å². The molecule has 0 bridgehead atoms. The molecule has 1 aliphatic rings. The van der Waals surface area contributed by atoms with E-state index in [1.165, 1.54) is 18.2 Å². The van der Waals surface area contributed by atoms with Gasteiger partial charge in [0, 0.05) is 0 Å². The van der Waals surface area contributed by atoms with Gasteiger partial charge in [-0.3, -0.25) is 14.4 Å². The molecular weight excluding hydrogens is 379 g/mol. The van der Waals surface area contributed by atoms with Crippen LogP contribution in [0.4, 0.5) is 4.39 Å². The number of hydrogen-bond acceptors (Lipinski definition) is 5. The maximum atomic E-state index is 13.8. The van der Waals surface area contributed by atoms with Crippen molar-refractivity contribution in [3.8, 4) is 0 Å². The summed E-state index contributed by atoms with van der Waals surface area (Å²) in [6, 6.07) is 4.00. The predicted octanol–water partition coefficient (Wildman–Crippen LogP) is 4.00. The molecule has 0 aliphatic heterocycles. The van der Waals surface area contributed by atoms with Gasteiger partial charge in [0.05, 0.1) is 6.42 Å². The summed E-state index contributed by atoms with van der Waals surface area (Å²) >= 11 is 0. The van der Waals surface area contributed by atoms with Gasteiger partial charge in [-0.05, 0) is 83.6 Å². The lowest BCUT2D eigenvalue weighted by Gasteiger charge is -2.40. The van der Waals surface area contributed by atoms with Crippen LogP contribution in [0.5, 0.6) is 0 Å². The van der Waals surface area contributed by atoms with Crippen LogP contribution in [0.1, 0.15) is 71.4 Å². The van der Waals surface area contributed by atoms with Gasteiger partial charge in [-0.2, -0.15) is 0 Å². The van der Waals surface area contributed by atoms with E-state index in [0.717, 1.165) is 0 Å².